The third-order valence-corrected chi connectivity index (χ3v) is 1.95. The summed E-state index contributed by atoms with van der Waals surface area (Å²) in [6.45, 7) is 1.27. The lowest BCUT2D eigenvalue weighted by atomic mass is 10.2. The molecule has 0 aliphatic heterocycles. The topological polar surface area (TPSA) is 50.4 Å². The van der Waals surface area contributed by atoms with Crippen LogP contribution in [0.2, 0.25) is 0 Å². The van der Waals surface area contributed by atoms with Crippen molar-refractivity contribution in [3.05, 3.63) is 29.8 Å². The first-order chi connectivity index (χ1) is 6.59. The molecule has 0 unspecified atom stereocenters. The number of furan rings is 1. The molecule has 1 aromatic heterocycles. The lowest BCUT2D eigenvalue weighted by Gasteiger charge is -1.88. The van der Waals surface area contributed by atoms with E-state index in [1.807, 2.05) is 0 Å². The number of hydrogen-bond donors (Lipinski definition) is 1. The van der Waals surface area contributed by atoms with Gasteiger partial charge in [-0.1, -0.05) is 0 Å². The second kappa shape index (κ2) is 2.83. The molecule has 0 saturated carbocycles. The van der Waals surface area contributed by atoms with Gasteiger partial charge in [-0.15, -0.1) is 0 Å². The zero-order valence-electron chi connectivity index (χ0n) is 7.37. The molecule has 0 bridgehead atoms. The molecule has 1 aromatic carbocycles. The normalized spacial score (nSPS) is 10.7. The molecular formula is C10H7FO3. The van der Waals surface area contributed by atoms with Crippen LogP contribution in [0.3, 0.4) is 0 Å². The van der Waals surface area contributed by atoms with Crippen molar-refractivity contribution in [1.29, 1.82) is 0 Å². The maximum absolute atomic E-state index is 12.8. The number of halogens is 1. The van der Waals surface area contributed by atoms with Crippen molar-refractivity contribution < 1.29 is 18.7 Å². The molecule has 0 aliphatic rings. The van der Waals surface area contributed by atoms with E-state index in [2.05, 4.69) is 0 Å². The van der Waals surface area contributed by atoms with E-state index in [0.717, 1.165) is 6.07 Å². The van der Waals surface area contributed by atoms with Gasteiger partial charge in [-0.25, -0.2) is 4.39 Å². The van der Waals surface area contributed by atoms with Crippen molar-refractivity contribution in [2.24, 2.45) is 0 Å². The molecule has 2 aromatic rings. The largest absolute Gasteiger partial charge is 0.504 e. The number of hydrogen-bond acceptors (Lipinski definition) is 3. The molecule has 14 heavy (non-hydrogen) atoms. The van der Waals surface area contributed by atoms with E-state index in [9.17, 15) is 14.3 Å². The number of ketones is 1. The number of benzene rings is 1. The molecule has 1 heterocycles. The molecule has 0 spiro atoms. The van der Waals surface area contributed by atoms with Gasteiger partial charge in [-0.3, -0.25) is 4.79 Å². The highest BCUT2D eigenvalue weighted by Crippen LogP contribution is 2.32. The summed E-state index contributed by atoms with van der Waals surface area (Å²) in [6.07, 6.45) is 0. The van der Waals surface area contributed by atoms with Crippen molar-refractivity contribution in [2.75, 3.05) is 0 Å². The van der Waals surface area contributed by atoms with E-state index >= 15 is 0 Å². The molecule has 4 heteroatoms. The second-order valence-corrected chi connectivity index (χ2v) is 2.98. The minimum atomic E-state index is -0.471. The maximum atomic E-state index is 12.8. The van der Waals surface area contributed by atoms with E-state index in [4.69, 9.17) is 4.42 Å². The quantitative estimate of drug-likeness (QED) is 0.709. The Bertz CT molecular complexity index is 513. The van der Waals surface area contributed by atoms with Crippen LogP contribution in [0.5, 0.6) is 5.75 Å². The van der Waals surface area contributed by atoms with Gasteiger partial charge < -0.3 is 9.52 Å². The first-order valence-electron chi connectivity index (χ1n) is 4.01. The van der Waals surface area contributed by atoms with E-state index < -0.39 is 5.82 Å². The summed E-state index contributed by atoms with van der Waals surface area (Å²) in [5.74, 6) is -1.22. The van der Waals surface area contributed by atoms with Gasteiger partial charge in [0, 0.05) is 13.0 Å². The Morgan fingerprint density at radius 2 is 2.21 bits per heavy atom. The van der Waals surface area contributed by atoms with Crippen LogP contribution in [0, 0.1) is 5.82 Å². The lowest BCUT2D eigenvalue weighted by Crippen LogP contribution is -1.87. The third-order valence-electron chi connectivity index (χ3n) is 1.95. The summed E-state index contributed by atoms with van der Waals surface area (Å²) >= 11 is 0. The van der Waals surface area contributed by atoms with Crippen LogP contribution in [0.15, 0.2) is 22.6 Å². The number of aromatic hydroxyl groups is 1. The van der Waals surface area contributed by atoms with Crippen LogP contribution < -0.4 is 0 Å². The van der Waals surface area contributed by atoms with Crippen LogP contribution in [0.25, 0.3) is 11.0 Å². The molecule has 0 amide bonds. The number of carbonyl (C=O) groups is 1. The first kappa shape index (κ1) is 8.74. The van der Waals surface area contributed by atoms with Gasteiger partial charge in [-0.05, 0) is 12.1 Å². The predicted molar refractivity (Wildman–Crippen MR) is 47.8 cm³/mol. The van der Waals surface area contributed by atoms with E-state index in [-0.39, 0.29) is 22.9 Å². The summed E-state index contributed by atoms with van der Waals surface area (Å²) in [5.41, 5.74) is 0.174. The summed E-state index contributed by atoms with van der Waals surface area (Å²) in [5, 5.41) is 9.86. The number of Topliss-reactive ketones (excluding diaryl/α,β-unsaturated/α-hetero) is 1. The Morgan fingerprint density at radius 1 is 1.50 bits per heavy atom. The summed E-state index contributed by atoms with van der Waals surface area (Å²) in [7, 11) is 0. The second-order valence-electron chi connectivity index (χ2n) is 2.98. The molecular weight excluding hydrogens is 187 g/mol. The molecule has 0 aliphatic carbocycles. The average molecular weight is 194 g/mol. The Labute approximate surface area is 78.8 Å². The zero-order chi connectivity index (χ0) is 10.3. The van der Waals surface area contributed by atoms with Crippen LogP contribution in [-0.2, 0) is 0 Å². The highest BCUT2D eigenvalue weighted by atomic mass is 19.1. The minimum absolute atomic E-state index is 0.134. The monoisotopic (exact) mass is 194 g/mol. The summed E-state index contributed by atoms with van der Waals surface area (Å²) < 4.78 is 17.8. The van der Waals surface area contributed by atoms with Gasteiger partial charge >= 0.3 is 0 Å². The fourth-order valence-corrected chi connectivity index (χ4v) is 1.30. The van der Waals surface area contributed by atoms with Gasteiger partial charge in [0.25, 0.3) is 0 Å². The highest BCUT2D eigenvalue weighted by Gasteiger charge is 2.16. The molecule has 0 radical (unpaired) electrons. The van der Waals surface area contributed by atoms with Gasteiger partial charge in [0.05, 0.1) is 5.39 Å². The van der Waals surface area contributed by atoms with Gasteiger partial charge in [0.1, 0.15) is 11.4 Å². The molecule has 3 nitrogen and oxygen atoms in total. The Kier molecular flexibility index (Phi) is 1.77. The van der Waals surface area contributed by atoms with Gasteiger partial charge in [0.15, 0.2) is 11.5 Å². The average Bonchev–Trinajstić information content (AvgIpc) is 2.43. The Hall–Kier alpha value is -1.84. The summed E-state index contributed by atoms with van der Waals surface area (Å²) in [6, 6.07) is 3.69. The SMILES string of the molecule is CC(=O)c1oc2cc(F)ccc2c1O. The molecule has 2 rings (SSSR count). The van der Waals surface area contributed by atoms with Crippen molar-refractivity contribution in [2.45, 2.75) is 6.92 Å². The van der Waals surface area contributed by atoms with Crippen molar-refractivity contribution in [3.8, 4) is 5.75 Å². The first-order valence-corrected chi connectivity index (χ1v) is 4.01. The molecule has 0 atom stereocenters. The van der Waals surface area contributed by atoms with Gasteiger partial charge in [0.2, 0.25) is 5.76 Å². The molecule has 72 valence electrons. The predicted octanol–water partition coefficient (Wildman–Crippen LogP) is 2.48. The molecule has 0 fully saturated rings. The van der Waals surface area contributed by atoms with Crippen LogP contribution >= 0.6 is 0 Å². The van der Waals surface area contributed by atoms with Crippen LogP contribution in [0.4, 0.5) is 4.39 Å². The van der Waals surface area contributed by atoms with E-state index in [1.54, 1.807) is 0 Å². The van der Waals surface area contributed by atoms with Gasteiger partial charge in [-0.2, -0.15) is 0 Å². The van der Waals surface area contributed by atoms with Crippen LogP contribution in [0.1, 0.15) is 17.5 Å². The highest BCUT2D eigenvalue weighted by molar-refractivity contribution is 6.01. The number of carbonyl (C=O) groups excluding carboxylic acids is 1. The fourth-order valence-electron chi connectivity index (χ4n) is 1.30. The number of rotatable bonds is 1. The van der Waals surface area contributed by atoms with E-state index in [0.29, 0.717) is 5.39 Å². The minimum Gasteiger partial charge on any atom is -0.504 e. The fraction of sp³-hybridized carbons (Fsp3) is 0.100. The summed E-state index contributed by atoms with van der Waals surface area (Å²) in [4.78, 5) is 11.0. The molecule has 1 N–H and O–H groups in total. The smallest absolute Gasteiger partial charge is 0.212 e. The third kappa shape index (κ3) is 1.16. The Morgan fingerprint density at radius 3 is 2.86 bits per heavy atom. The van der Waals surface area contributed by atoms with Crippen LogP contribution in [-0.4, -0.2) is 10.9 Å². The number of fused-ring (bicyclic) bond motifs is 1. The van der Waals surface area contributed by atoms with E-state index in [1.165, 1.54) is 19.1 Å². The lowest BCUT2D eigenvalue weighted by molar-refractivity contribution is 0.0985. The van der Waals surface area contributed by atoms with Crippen molar-refractivity contribution in [1.82, 2.24) is 0 Å². The zero-order valence-corrected chi connectivity index (χ0v) is 7.37. The van der Waals surface area contributed by atoms with Crippen molar-refractivity contribution >= 4 is 16.8 Å². The maximum Gasteiger partial charge on any atom is 0.212 e. The standard InChI is InChI=1S/C10H7FO3/c1-5(12)10-9(13)7-3-2-6(11)4-8(7)14-10/h2-4,13H,1H3. The Balaban J connectivity index is 2.79. The van der Waals surface area contributed by atoms with Crippen molar-refractivity contribution in [3.63, 3.8) is 0 Å². The molecule has 0 saturated heterocycles.